The van der Waals surface area contributed by atoms with Crippen LogP contribution in [0.1, 0.15) is 67.2 Å². The van der Waals surface area contributed by atoms with E-state index < -0.39 is 17.9 Å². The largest absolute Gasteiger partial charge is 0.573 e. The first-order valence-electron chi connectivity index (χ1n) is 10.0. The van der Waals surface area contributed by atoms with Gasteiger partial charge in [-0.2, -0.15) is 0 Å². The Morgan fingerprint density at radius 3 is 2.43 bits per heavy atom. The summed E-state index contributed by atoms with van der Waals surface area (Å²) in [6, 6.07) is 11.0. The first-order chi connectivity index (χ1) is 13.4. The number of unbranched alkanes of at least 4 members (excludes halogenated alkanes) is 3. The van der Waals surface area contributed by atoms with Gasteiger partial charge in [0, 0.05) is 0 Å². The number of rotatable bonds is 7. The van der Waals surface area contributed by atoms with Crippen molar-refractivity contribution >= 4 is 0 Å². The van der Waals surface area contributed by atoms with Crippen LogP contribution in [0.5, 0.6) is 5.75 Å². The van der Waals surface area contributed by atoms with Crippen LogP contribution in [0.4, 0.5) is 17.6 Å². The second-order valence-corrected chi connectivity index (χ2v) is 7.59. The molecule has 5 heteroatoms. The minimum absolute atomic E-state index is 0.260. The summed E-state index contributed by atoms with van der Waals surface area (Å²) in [5.74, 6) is -1.44. The summed E-state index contributed by atoms with van der Waals surface area (Å²) in [6.07, 6.45) is 3.24. The lowest BCUT2D eigenvalue weighted by Crippen LogP contribution is -2.19. The maximum atomic E-state index is 14.0. The van der Waals surface area contributed by atoms with Gasteiger partial charge in [-0.1, -0.05) is 50.5 Å². The molecule has 0 aliphatic heterocycles. The first-order valence-corrected chi connectivity index (χ1v) is 10.0. The van der Waals surface area contributed by atoms with Crippen molar-refractivity contribution in [1.82, 2.24) is 0 Å². The van der Waals surface area contributed by atoms with Crippen LogP contribution in [-0.2, 0) is 19.3 Å². The average molecular weight is 394 g/mol. The van der Waals surface area contributed by atoms with Gasteiger partial charge in [0.2, 0.25) is 0 Å². The van der Waals surface area contributed by atoms with Gasteiger partial charge in [0.25, 0.3) is 0 Å². The van der Waals surface area contributed by atoms with Crippen molar-refractivity contribution in [3.05, 3.63) is 64.5 Å². The number of alkyl halides is 3. The van der Waals surface area contributed by atoms with Crippen LogP contribution in [-0.4, -0.2) is 6.36 Å². The molecule has 0 saturated heterocycles. The Balaban J connectivity index is 1.65. The molecule has 28 heavy (non-hydrogen) atoms. The van der Waals surface area contributed by atoms with Crippen LogP contribution in [0, 0.1) is 5.82 Å². The maximum Gasteiger partial charge on any atom is 0.573 e. The summed E-state index contributed by atoms with van der Waals surface area (Å²) in [5, 5.41) is 0. The van der Waals surface area contributed by atoms with Crippen molar-refractivity contribution in [3.8, 4) is 5.75 Å². The molecule has 1 atom stereocenters. The van der Waals surface area contributed by atoms with Gasteiger partial charge in [-0.25, -0.2) is 4.39 Å². The zero-order valence-electron chi connectivity index (χ0n) is 16.1. The van der Waals surface area contributed by atoms with Crippen LogP contribution in [0.3, 0.4) is 0 Å². The third-order valence-electron chi connectivity index (χ3n) is 5.48. The fourth-order valence-electron chi connectivity index (χ4n) is 3.96. The van der Waals surface area contributed by atoms with Gasteiger partial charge >= 0.3 is 6.36 Å². The fourth-order valence-corrected chi connectivity index (χ4v) is 3.96. The molecule has 0 spiro atoms. The number of ether oxygens (including phenoxy) is 1. The van der Waals surface area contributed by atoms with E-state index in [4.69, 9.17) is 0 Å². The zero-order valence-corrected chi connectivity index (χ0v) is 16.1. The molecular formula is C23H26F4O. The molecule has 0 bridgehead atoms. The van der Waals surface area contributed by atoms with Gasteiger partial charge in [0.1, 0.15) is 0 Å². The predicted molar refractivity (Wildman–Crippen MR) is 102 cm³/mol. The van der Waals surface area contributed by atoms with Crippen molar-refractivity contribution < 1.29 is 22.3 Å². The van der Waals surface area contributed by atoms with Gasteiger partial charge in [-0.3, -0.25) is 0 Å². The summed E-state index contributed by atoms with van der Waals surface area (Å²) in [5.41, 5.74) is 4.05. The Kier molecular flexibility index (Phi) is 6.63. The standard InChI is InChI=1S/C23H26F4O/c1-2-3-4-5-6-16-7-9-17(10-8-16)18-11-12-19-15-22(28-23(25,26)27)21(24)14-20(19)13-18/h7-10,14-15,18H,2-6,11-13H2,1H3. The molecule has 152 valence electrons. The minimum Gasteiger partial charge on any atom is -0.403 e. The van der Waals surface area contributed by atoms with E-state index >= 15 is 0 Å². The van der Waals surface area contributed by atoms with E-state index in [2.05, 4.69) is 35.9 Å². The highest BCUT2D eigenvalue weighted by atomic mass is 19.4. The molecule has 1 unspecified atom stereocenters. The lowest BCUT2D eigenvalue weighted by molar-refractivity contribution is -0.275. The van der Waals surface area contributed by atoms with Crippen LogP contribution in [0.25, 0.3) is 0 Å². The molecule has 2 aromatic rings. The van der Waals surface area contributed by atoms with E-state index in [9.17, 15) is 17.6 Å². The molecule has 2 aromatic carbocycles. The highest BCUT2D eigenvalue weighted by Gasteiger charge is 2.33. The van der Waals surface area contributed by atoms with Gasteiger partial charge in [-0.05, 0) is 72.4 Å². The van der Waals surface area contributed by atoms with E-state index in [0.29, 0.717) is 12.8 Å². The Labute approximate surface area is 163 Å². The van der Waals surface area contributed by atoms with Crippen molar-refractivity contribution in [2.75, 3.05) is 0 Å². The zero-order chi connectivity index (χ0) is 20.1. The second kappa shape index (κ2) is 8.97. The Bertz CT molecular complexity index is 780. The second-order valence-electron chi connectivity index (χ2n) is 7.59. The minimum atomic E-state index is -4.88. The number of hydrogen-bond acceptors (Lipinski definition) is 1. The number of benzene rings is 2. The third kappa shape index (κ3) is 5.49. The van der Waals surface area contributed by atoms with Crippen molar-refractivity contribution in [2.45, 2.75) is 70.6 Å². The molecule has 0 aromatic heterocycles. The quantitative estimate of drug-likeness (QED) is 0.359. The Morgan fingerprint density at radius 1 is 1.00 bits per heavy atom. The molecule has 0 N–H and O–H groups in total. The number of fused-ring (bicyclic) bond motifs is 1. The lowest BCUT2D eigenvalue weighted by Gasteiger charge is -2.26. The van der Waals surface area contributed by atoms with Crippen LogP contribution < -0.4 is 4.74 Å². The average Bonchev–Trinajstić information content (AvgIpc) is 2.65. The molecule has 0 radical (unpaired) electrons. The van der Waals surface area contributed by atoms with Crippen LogP contribution >= 0.6 is 0 Å². The van der Waals surface area contributed by atoms with Gasteiger partial charge in [0.05, 0.1) is 0 Å². The highest BCUT2D eigenvalue weighted by Crippen LogP contribution is 2.36. The molecule has 3 rings (SSSR count). The number of halogens is 4. The summed E-state index contributed by atoms with van der Waals surface area (Å²) in [4.78, 5) is 0. The third-order valence-corrected chi connectivity index (χ3v) is 5.48. The highest BCUT2D eigenvalue weighted by molar-refractivity contribution is 5.41. The first kappa shape index (κ1) is 20.7. The van der Waals surface area contributed by atoms with Crippen LogP contribution in [0.2, 0.25) is 0 Å². The van der Waals surface area contributed by atoms with Gasteiger partial charge in [0.15, 0.2) is 11.6 Å². The van der Waals surface area contributed by atoms with E-state index in [1.165, 1.54) is 48.9 Å². The molecule has 0 saturated carbocycles. The number of hydrogen-bond donors (Lipinski definition) is 0. The molecule has 1 aliphatic carbocycles. The molecule has 0 amide bonds. The van der Waals surface area contributed by atoms with Crippen molar-refractivity contribution in [3.63, 3.8) is 0 Å². The SMILES string of the molecule is CCCCCCc1ccc(C2CCc3cc(OC(F)(F)F)c(F)cc3C2)cc1. The molecule has 1 aliphatic rings. The molecule has 0 fully saturated rings. The van der Waals surface area contributed by atoms with Crippen LogP contribution in [0.15, 0.2) is 36.4 Å². The number of aryl methyl sites for hydroxylation is 2. The normalized spacial score (nSPS) is 16.7. The van der Waals surface area contributed by atoms with Crippen molar-refractivity contribution in [2.24, 2.45) is 0 Å². The molecule has 1 nitrogen and oxygen atoms in total. The van der Waals surface area contributed by atoms with Gasteiger partial charge < -0.3 is 4.74 Å². The summed E-state index contributed by atoms with van der Waals surface area (Å²) in [7, 11) is 0. The Morgan fingerprint density at radius 2 is 1.75 bits per heavy atom. The van der Waals surface area contributed by atoms with Gasteiger partial charge in [-0.15, -0.1) is 13.2 Å². The molecular weight excluding hydrogens is 368 g/mol. The smallest absolute Gasteiger partial charge is 0.403 e. The fraction of sp³-hybridized carbons (Fsp3) is 0.478. The van der Waals surface area contributed by atoms with E-state index in [0.717, 1.165) is 24.0 Å². The van der Waals surface area contributed by atoms with Crippen molar-refractivity contribution in [1.29, 1.82) is 0 Å². The topological polar surface area (TPSA) is 9.23 Å². The molecule has 0 heterocycles. The summed E-state index contributed by atoms with van der Waals surface area (Å²) >= 11 is 0. The lowest BCUT2D eigenvalue weighted by atomic mass is 9.80. The van der Waals surface area contributed by atoms with E-state index in [1.807, 2.05) is 0 Å². The summed E-state index contributed by atoms with van der Waals surface area (Å²) < 4.78 is 55.0. The van der Waals surface area contributed by atoms with E-state index in [1.54, 1.807) is 0 Å². The monoisotopic (exact) mass is 394 g/mol. The maximum absolute atomic E-state index is 14.0. The summed E-state index contributed by atoms with van der Waals surface area (Å²) in [6.45, 7) is 2.20. The van der Waals surface area contributed by atoms with E-state index in [-0.39, 0.29) is 5.92 Å². The Hall–Kier alpha value is -2.04. The predicted octanol–water partition coefficient (Wildman–Crippen LogP) is 7.12.